The number of carboxylic acids is 1. The molecule has 3 nitrogen and oxygen atoms in total. The van der Waals surface area contributed by atoms with Crippen LogP contribution >= 0.6 is 22.6 Å². The summed E-state index contributed by atoms with van der Waals surface area (Å²) < 4.78 is 1.24. The lowest BCUT2D eigenvalue weighted by Gasteiger charge is -2.28. The Balaban J connectivity index is 2.00. The van der Waals surface area contributed by atoms with Gasteiger partial charge in [-0.15, -0.1) is 0 Å². The highest BCUT2D eigenvalue weighted by Crippen LogP contribution is 2.27. The van der Waals surface area contributed by atoms with E-state index < -0.39 is 5.97 Å². The van der Waals surface area contributed by atoms with Crippen LogP contribution in [-0.4, -0.2) is 17.1 Å². The SMILES string of the molecule is Cc1ccc(NC2CCCC(C(=O)O)C2)cc1I. The zero-order chi connectivity index (χ0) is 13.1. The molecule has 0 spiro atoms. The molecule has 1 aromatic rings. The zero-order valence-electron chi connectivity index (χ0n) is 10.4. The van der Waals surface area contributed by atoms with Crippen LogP contribution in [0.2, 0.25) is 0 Å². The van der Waals surface area contributed by atoms with Crippen molar-refractivity contribution >= 4 is 34.2 Å². The predicted octanol–water partition coefficient (Wildman–Crippen LogP) is 3.65. The average molecular weight is 359 g/mol. The molecule has 4 heteroatoms. The van der Waals surface area contributed by atoms with Crippen molar-refractivity contribution in [3.05, 3.63) is 27.3 Å². The van der Waals surface area contributed by atoms with Gasteiger partial charge in [0.05, 0.1) is 5.92 Å². The summed E-state index contributed by atoms with van der Waals surface area (Å²) in [7, 11) is 0. The number of benzene rings is 1. The van der Waals surface area contributed by atoms with Gasteiger partial charge in [0.2, 0.25) is 0 Å². The van der Waals surface area contributed by atoms with Crippen molar-refractivity contribution in [3.63, 3.8) is 0 Å². The van der Waals surface area contributed by atoms with E-state index in [0.717, 1.165) is 31.4 Å². The summed E-state index contributed by atoms with van der Waals surface area (Å²) in [6, 6.07) is 6.59. The van der Waals surface area contributed by atoms with Gasteiger partial charge in [0.1, 0.15) is 0 Å². The van der Waals surface area contributed by atoms with Crippen molar-refractivity contribution < 1.29 is 9.90 Å². The van der Waals surface area contributed by atoms with Gasteiger partial charge in [-0.3, -0.25) is 4.79 Å². The van der Waals surface area contributed by atoms with Crippen molar-refractivity contribution in [1.29, 1.82) is 0 Å². The second-order valence-electron chi connectivity index (χ2n) is 5.01. The number of hydrogen-bond donors (Lipinski definition) is 2. The molecule has 1 aromatic carbocycles. The minimum atomic E-state index is -0.653. The smallest absolute Gasteiger partial charge is 0.306 e. The Morgan fingerprint density at radius 2 is 2.22 bits per heavy atom. The number of carboxylic acid groups (broad SMARTS) is 1. The molecule has 2 N–H and O–H groups in total. The first kappa shape index (κ1) is 13.6. The van der Waals surface area contributed by atoms with Crippen molar-refractivity contribution in [3.8, 4) is 0 Å². The molecular formula is C14H18INO2. The van der Waals surface area contributed by atoms with Gasteiger partial charge in [0, 0.05) is 15.3 Å². The molecule has 0 radical (unpaired) electrons. The van der Waals surface area contributed by atoms with Gasteiger partial charge in [-0.1, -0.05) is 12.5 Å². The number of anilines is 1. The molecule has 0 aromatic heterocycles. The predicted molar refractivity (Wildman–Crippen MR) is 80.9 cm³/mol. The fraction of sp³-hybridized carbons (Fsp3) is 0.500. The first-order valence-electron chi connectivity index (χ1n) is 6.32. The first-order valence-corrected chi connectivity index (χ1v) is 7.39. The third-order valence-electron chi connectivity index (χ3n) is 3.57. The van der Waals surface area contributed by atoms with Crippen LogP contribution in [0.15, 0.2) is 18.2 Å². The Labute approximate surface area is 121 Å². The number of halogens is 1. The molecule has 1 fully saturated rings. The molecule has 1 saturated carbocycles. The van der Waals surface area contributed by atoms with Crippen LogP contribution in [0.4, 0.5) is 5.69 Å². The van der Waals surface area contributed by atoms with Crippen LogP contribution in [0.3, 0.4) is 0 Å². The number of hydrogen-bond acceptors (Lipinski definition) is 2. The van der Waals surface area contributed by atoms with Gasteiger partial charge < -0.3 is 10.4 Å². The zero-order valence-corrected chi connectivity index (χ0v) is 12.6. The van der Waals surface area contributed by atoms with Crippen molar-refractivity contribution in [2.24, 2.45) is 5.92 Å². The second-order valence-corrected chi connectivity index (χ2v) is 6.17. The van der Waals surface area contributed by atoms with Crippen LogP contribution < -0.4 is 5.32 Å². The fourth-order valence-corrected chi connectivity index (χ4v) is 2.98. The van der Waals surface area contributed by atoms with Crippen molar-refractivity contribution in [1.82, 2.24) is 0 Å². The highest BCUT2D eigenvalue weighted by Gasteiger charge is 2.26. The summed E-state index contributed by atoms with van der Waals surface area (Å²) in [6.07, 6.45) is 3.62. The monoisotopic (exact) mass is 359 g/mol. The molecule has 0 aliphatic heterocycles. The fourth-order valence-electron chi connectivity index (χ4n) is 2.46. The van der Waals surface area contributed by atoms with E-state index in [1.54, 1.807) is 0 Å². The molecule has 1 aliphatic rings. The Kier molecular flexibility index (Phi) is 4.48. The molecule has 18 heavy (non-hydrogen) atoms. The van der Waals surface area contributed by atoms with Gasteiger partial charge >= 0.3 is 5.97 Å². The summed E-state index contributed by atoms with van der Waals surface area (Å²) in [5.74, 6) is -0.833. The van der Waals surface area contributed by atoms with E-state index in [2.05, 4.69) is 53.0 Å². The van der Waals surface area contributed by atoms with Crippen LogP contribution in [0.1, 0.15) is 31.2 Å². The first-order chi connectivity index (χ1) is 8.56. The van der Waals surface area contributed by atoms with Crippen LogP contribution in [0, 0.1) is 16.4 Å². The average Bonchev–Trinajstić information content (AvgIpc) is 2.34. The van der Waals surface area contributed by atoms with Crippen LogP contribution in [-0.2, 0) is 4.79 Å². The highest BCUT2D eigenvalue weighted by atomic mass is 127. The number of carbonyl (C=O) groups is 1. The molecule has 2 rings (SSSR count). The van der Waals surface area contributed by atoms with E-state index in [0.29, 0.717) is 6.04 Å². The minimum Gasteiger partial charge on any atom is -0.481 e. The summed E-state index contributed by atoms with van der Waals surface area (Å²) in [5, 5.41) is 12.5. The van der Waals surface area contributed by atoms with Gasteiger partial charge in [-0.05, 0) is 66.5 Å². The minimum absolute atomic E-state index is 0.180. The maximum absolute atomic E-state index is 11.0. The van der Waals surface area contributed by atoms with Gasteiger partial charge in [0.15, 0.2) is 0 Å². The van der Waals surface area contributed by atoms with E-state index in [1.165, 1.54) is 9.13 Å². The quantitative estimate of drug-likeness (QED) is 0.810. The summed E-state index contributed by atoms with van der Waals surface area (Å²) in [6.45, 7) is 2.09. The van der Waals surface area contributed by atoms with E-state index in [-0.39, 0.29) is 5.92 Å². The molecule has 0 saturated heterocycles. The normalized spacial score (nSPS) is 23.7. The number of nitrogens with one attached hydrogen (secondary N) is 1. The van der Waals surface area contributed by atoms with Crippen LogP contribution in [0.25, 0.3) is 0 Å². The van der Waals surface area contributed by atoms with E-state index in [1.807, 2.05) is 0 Å². The Bertz CT molecular complexity index is 447. The molecule has 98 valence electrons. The van der Waals surface area contributed by atoms with E-state index in [4.69, 9.17) is 5.11 Å². The Morgan fingerprint density at radius 1 is 1.44 bits per heavy atom. The molecule has 0 heterocycles. The number of aliphatic carboxylic acids is 1. The lowest BCUT2D eigenvalue weighted by molar-refractivity contribution is -0.142. The maximum atomic E-state index is 11.0. The van der Waals surface area contributed by atoms with E-state index in [9.17, 15) is 4.79 Å². The van der Waals surface area contributed by atoms with Crippen molar-refractivity contribution in [2.75, 3.05) is 5.32 Å². The topological polar surface area (TPSA) is 49.3 Å². The second kappa shape index (κ2) is 5.91. The maximum Gasteiger partial charge on any atom is 0.306 e. The Hall–Kier alpha value is -0.780. The summed E-state index contributed by atoms with van der Waals surface area (Å²) in [5.41, 5.74) is 2.37. The molecule has 1 aliphatic carbocycles. The number of rotatable bonds is 3. The number of aryl methyl sites for hydroxylation is 1. The summed E-state index contributed by atoms with van der Waals surface area (Å²) >= 11 is 2.32. The standard InChI is InChI=1S/C14H18INO2/c1-9-5-6-12(8-13(9)15)16-11-4-2-3-10(7-11)14(17)18/h5-6,8,10-11,16H,2-4,7H2,1H3,(H,17,18). The Morgan fingerprint density at radius 3 is 2.89 bits per heavy atom. The molecule has 2 unspecified atom stereocenters. The molecule has 2 atom stereocenters. The van der Waals surface area contributed by atoms with Gasteiger partial charge in [0.25, 0.3) is 0 Å². The van der Waals surface area contributed by atoms with Gasteiger partial charge in [-0.2, -0.15) is 0 Å². The third kappa shape index (κ3) is 3.37. The molecular weight excluding hydrogens is 341 g/mol. The highest BCUT2D eigenvalue weighted by molar-refractivity contribution is 14.1. The molecule has 0 amide bonds. The molecule has 0 bridgehead atoms. The third-order valence-corrected chi connectivity index (χ3v) is 4.73. The lowest BCUT2D eigenvalue weighted by atomic mass is 9.85. The van der Waals surface area contributed by atoms with E-state index >= 15 is 0 Å². The lowest BCUT2D eigenvalue weighted by Crippen LogP contribution is -2.30. The van der Waals surface area contributed by atoms with Gasteiger partial charge in [-0.25, -0.2) is 0 Å². The summed E-state index contributed by atoms with van der Waals surface area (Å²) in [4.78, 5) is 11.0. The largest absolute Gasteiger partial charge is 0.481 e. The van der Waals surface area contributed by atoms with Crippen molar-refractivity contribution in [2.45, 2.75) is 38.6 Å². The van der Waals surface area contributed by atoms with Crippen LogP contribution in [0.5, 0.6) is 0 Å².